The van der Waals surface area contributed by atoms with E-state index in [0.29, 0.717) is 27.5 Å². The monoisotopic (exact) mass is 398 g/mol. The number of hydrogen-bond donors (Lipinski definition) is 1. The standard InChI is InChI=1S/C21H23ClN4O2/c22-15-11-17-16(10-14(15)21(28)25-8-4-5-9-25)24-20(27)18-12-23-19(26(17)18)13-6-2-1-3-7-13/h10-13H,1-9H2,(H,24,27). The Kier molecular flexibility index (Phi) is 4.38. The normalized spacial score (nSPS) is 18.4. The molecule has 0 unspecified atom stereocenters. The number of hydrogen-bond acceptors (Lipinski definition) is 3. The fourth-order valence-corrected chi connectivity index (χ4v) is 4.96. The molecule has 2 aliphatic rings. The lowest BCUT2D eigenvalue weighted by Gasteiger charge is -2.21. The van der Waals surface area contributed by atoms with Crippen LogP contribution in [-0.4, -0.2) is 38.3 Å². The van der Waals surface area contributed by atoms with Gasteiger partial charge in [-0.05, 0) is 37.8 Å². The number of amides is 1. The summed E-state index contributed by atoms with van der Waals surface area (Å²) < 4.78 is 1.94. The molecule has 1 saturated carbocycles. The van der Waals surface area contributed by atoms with E-state index in [9.17, 15) is 9.59 Å². The minimum atomic E-state index is -0.191. The first-order valence-electron chi connectivity index (χ1n) is 10.2. The van der Waals surface area contributed by atoms with Crippen LogP contribution in [0.2, 0.25) is 5.02 Å². The lowest BCUT2D eigenvalue weighted by atomic mass is 9.89. The molecule has 1 N–H and O–H groups in total. The molecular formula is C21H23ClN4O2. The first-order chi connectivity index (χ1) is 13.6. The molecular weight excluding hydrogens is 376 g/mol. The second-order valence-corrected chi connectivity index (χ2v) is 8.38. The van der Waals surface area contributed by atoms with Crippen LogP contribution in [0.15, 0.2) is 23.1 Å². The van der Waals surface area contributed by atoms with Gasteiger partial charge in [0.1, 0.15) is 11.3 Å². The number of imidazole rings is 1. The Morgan fingerprint density at radius 1 is 1.07 bits per heavy atom. The first-order valence-corrected chi connectivity index (χ1v) is 10.5. The molecule has 0 atom stereocenters. The van der Waals surface area contributed by atoms with Crippen molar-refractivity contribution in [3.8, 4) is 0 Å². The smallest absolute Gasteiger partial charge is 0.274 e. The van der Waals surface area contributed by atoms with E-state index < -0.39 is 0 Å². The zero-order chi connectivity index (χ0) is 19.3. The van der Waals surface area contributed by atoms with E-state index in [1.54, 1.807) is 18.3 Å². The zero-order valence-corrected chi connectivity index (χ0v) is 16.5. The fraction of sp³-hybridized carbons (Fsp3) is 0.476. The van der Waals surface area contributed by atoms with E-state index in [1.165, 1.54) is 19.3 Å². The van der Waals surface area contributed by atoms with Crippen LogP contribution in [0, 0.1) is 0 Å². The summed E-state index contributed by atoms with van der Waals surface area (Å²) >= 11 is 6.55. The molecule has 7 heteroatoms. The van der Waals surface area contributed by atoms with E-state index in [4.69, 9.17) is 11.6 Å². The zero-order valence-electron chi connectivity index (χ0n) is 15.7. The summed E-state index contributed by atoms with van der Waals surface area (Å²) in [5, 5.41) is 0.418. The van der Waals surface area contributed by atoms with Crippen molar-refractivity contribution in [1.29, 1.82) is 0 Å². The summed E-state index contributed by atoms with van der Waals surface area (Å²) in [6.07, 6.45) is 9.52. The number of aromatic amines is 1. The molecule has 1 aromatic carbocycles. The van der Waals surface area contributed by atoms with Gasteiger partial charge in [0, 0.05) is 19.0 Å². The largest absolute Gasteiger partial charge is 0.339 e. The van der Waals surface area contributed by atoms with Crippen LogP contribution in [-0.2, 0) is 0 Å². The SMILES string of the molecule is O=C(c1cc2[nH]c(=O)c3cnc(C4CCCCC4)n3c2cc1Cl)N1CCCC1. The van der Waals surface area contributed by atoms with Crippen molar-refractivity contribution in [2.75, 3.05) is 13.1 Å². The van der Waals surface area contributed by atoms with Crippen molar-refractivity contribution in [3.63, 3.8) is 0 Å². The molecule has 1 aliphatic heterocycles. The van der Waals surface area contributed by atoms with Crippen molar-refractivity contribution in [1.82, 2.24) is 19.3 Å². The summed E-state index contributed by atoms with van der Waals surface area (Å²) in [6, 6.07) is 3.53. The highest BCUT2D eigenvalue weighted by Gasteiger charge is 2.25. The van der Waals surface area contributed by atoms with Gasteiger partial charge in [-0.3, -0.25) is 14.0 Å². The molecule has 28 heavy (non-hydrogen) atoms. The number of nitrogens with one attached hydrogen (secondary N) is 1. The third-order valence-electron chi connectivity index (χ3n) is 6.19. The molecule has 1 amide bonds. The van der Waals surface area contributed by atoms with Crippen molar-refractivity contribution in [2.24, 2.45) is 0 Å². The van der Waals surface area contributed by atoms with Crippen LogP contribution in [0.4, 0.5) is 0 Å². The molecule has 2 aromatic heterocycles. The average Bonchev–Trinajstić information content (AvgIpc) is 3.39. The lowest BCUT2D eigenvalue weighted by molar-refractivity contribution is 0.0793. The number of benzene rings is 1. The minimum Gasteiger partial charge on any atom is -0.339 e. The fourth-order valence-electron chi connectivity index (χ4n) is 4.72. The maximum absolute atomic E-state index is 12.9. The third kappa shape index (κ3) is 2.82. The molecule has 3 aromatic rings. The van der Waals surface area contributed by atoms with Crippen molar-refractivity contribution < 1.29 is 4.79 Å². The Morgan fingerprint density at radius 2 is 1.82 bits per heavy atom. The molecule has 6 nitrogen and oxygen atoms in total. The molecule has 146 valence electrons. The number of likely N-dealkylation sites (tertiary alicyclic amines) is 1. The summed E-state index contributed by atoms with van der Waals surface area (Å²) in [4.78, 5) is 34.9. The van der Waals surface area contributed by atoms with Crippen LogP contribution < -0.4 is 5.56 Å². The number of aromatic nitrogens is 3. The second kappa shape index (κ2) is 6.92. The molecule has 0 bridgehead atoms. The predicted molar refractivity (Wildman–Crippen MR) is 109 cm³/mol. The van der Waals surface area contributed by atoms with Gasteiger partial charge < -0.3 is 9.88 Å². The number of nitrogens with zero attached hydrogens (tertiary/aromatic N) is 3. The van der Waals surface area contributed by atoms with Gasteiger partial charge in [-0.15, -0.1) is 0 Å². The van der Waals surface area contributed by atoms with Crippen LogP contribution >= 0.6 is 11.6 Å². The van der Waals surface area contributed by atoms with Gasteiger partial charge in [-0.1, -0.05) is 30.9 Å². The quantitative estimate of drug-likeness (QED) is 0.706. The summed E-state index contributed by atoms with van der Waals surface area (Å²) in [6.45, 7) is 1.52. The van der Waals surface area contributed by atoms with Gasteiger partial charge in [-0.25, -0.2) is 4.98 Å². The van der Waals surface area contributed by atoms with Crippen LogP contribution in [0.25, 0.3) is 16.6 Å². The highest BCUT2D eigenvalue weighted by molar-refractivity contribution is 6.34. The number of halogens is 1. The number of fused-ring (bicyclic) bond motifs is 3. The Balaban J connectivity index is 1.69. The molecule has 0 radical (unpaired) electrons. The molecule has 1 saturated heterocycles. The van der Waals surface area contributed by atoms with Crippen LogP contribution in [0.5, 0.6) is 0 Å². The van der Waals surface area contributed by atoms with Gasteiger partial charge in [-0.2, -0.15) is 0 Å². The highest BCUT2D eigenvalue weighted by Crippen LogP contribution is 2.34. The molecule has 1 aliphatic carbocycles. The maximum atomic E-state index is 12.9. The third-order valence-corrected chi connectivity index (χ3v) is 6.50. The Bertz CT molecular complexity index is 1120. The molecule has 5 rings (SSSR count). The molecule has 2 fully saturated rings. The summed E-state index contributed by atoms with van der Waals surface area (Å²) in [5.41, 5.74) is 2.22. The number of carbonyl (C=O) groups is 1. The summed E-state index contributed by atoms with van der Waals surface area (Å²) in [5.74, 6) is 1.22. The summed E-state index contributed by atoms with van der Waals surface area (Å²) in [7, 11) is 0. The van der Waals surface area contributed by atoms with Crippen LogP contribution in [0.1, 0.15) is 67.0 Å². The topological polar surface area (TPSA) is 70.5 Å². The Hall–Kier alpha value is -2.34. The second-order valence-electron chi connectivity index (χ2n) is 7.97. The average molecular weight is 399 g/mol. The van der Waals surface area contributed by atoms with Gasteiger partial charge >= 0.3 is 0 Å². The van der Waals surface area contributed by atoms with Gasteiger partial charge in [0.15, 0.2) is 0 Å². The lowest BCUT2D eigenvalue weighted by Crippen LogP contribution is -2.28. The van der Waals surface area contributed by atoms with E-state index >= 15 is 0 Å². The van der Waals surface area contributed by atoms with E-state index in [1.807, 2.05) is 9.30 Å². The number of rotatable bonds is 2. The Morgan fingerprint density at radius 3 is 2.57 bits per heavy atom. The maximum Gasteiger partial charge on any atom is 0.274 e. The van der Waals surface area contributed by atoms with Crippen LogP contribution in [0.3, 0.4) is 0 Å². The minimum absolute atomic E-state index is 0.0662. The molecule has 0 spiro atoms. The van der Waals surface area contributed by atoms with Crippen molar-refractivity contribution in [3.05, 3.63) is 45.1 Å². The molecule has 3 heterocycles. The van der Waals surface area contributed by atoms with Gasteiger partial charge in [0.25, 0.3) is 11.5 Å². The highest BCUT2D eigenvalue weighted by atomic mass is 35.5. The van der Waals surface area contributed by atoms with E-state index in [-0.39, 0.29) is 11.5 Å². The Labute approximate surface area is 167 Å². The van der Waals surface area contributed by atoms with Gasteiger partial charge in [0.05, 0.1) is 27.8 Å². The first kappa shape index (κ1) is 17.7. The number of H-pyrrole nitrogens is 1. The number of carbonyl (C=O) groups excluding carboxylic acids is 1. The van der Waals surface area contributed by atoms with Crippen molar-refractivity contribution >= 4 is 34.1 Å². The van der Waals surface area contributed by atoms with Crippen molar-refractivity contribution in [2.45, 2.75) is 50.9 Å². The van der Waals surface area contributed by atoms with E-state index in [0.717, 1.165) is 50.1 Å². The van der Waals surface area contributed by atoms with E-state index in [2.05, 4.69) is 9.97 Å². The van der Waals surface area contributed by atoms with Gasteiger partial charge in [0.2, 0.25) is 0 Å². The predicted octanol–water partition coefficient (Wildman–Crippen LogP) is 4.11.